The highest BCUT2D eigenvalue weighted by Crippen LogP contribution is 2.26. The number of benzene rings is 1. The highest BCUT2D eigenvalue weighted by Gasteiger charge is 2.36. The number of imide groups is 1. The summed E-state index contributed by atoms with van der Waals surface area (Å²) in [5.74, 6) is -1.38. The predicted molar refractivity (Wildman–Crippen MR) is 98.5 cm³/mol. The number of halogens is 1. The van der Waals surface area contributed by atoms with Crippen molar-refractivity contribution < 1.29 is 14.4 Å². The number of hydrogen-bond donors (Lipinski definition) is 1. The number of carbonyl (C=O) groups excluding carboxylic acids is 3. The van der Waals surface area contributed by atoms with Gasteiger partial charge in [0.1, 0.15) is 6.54 Å². The summed E-state index contributed by atoms with van der Waals surface area (Å²) >= 11 is 4.74. The molecule has 2 aromatic heterocycles. The van der Waals surface area contributed by atoms with Gasteiger partial charge in [-0.3, -0.25) is 24.6 Å². The SMILES string of the molecule is Cc1sc2nc(NC(=O)CN3C(=O)c4ccc(Br)cc4C3=O)nn2c1C. The van der Waals surface area contributed by atoms with Gasteiger partial charge in [0.2, 0.25) is 16.8 Å². The van der Waals surface area contributed by atoms with Crippen LogP contribution in [0.4, 0.5) is 5.95 Å². The average Bonchev–Trinajstić information content (AvgIpc) is 3.16. The normalized spacial score (nSPS) is 13.6. The highest BCUT2D eigenvalue weighted by molar-refractivity contribution is 9.10. The minimum Gasteiger partial charge on any atom is -0.292 e. The molecule has 132 valence electrons. The topological polar surface area (TPSA) is 96.7 Å². The number of aryl methyl sites for hydroxylation is 2. The quantitative estimate of drug-likeness (QED) is 0.639. The van der Waals surface area contributed by atoms with Crippen LogP contribution in [0.25, 0.3) is 4.96 Å². The zero-order valence-corrected chi connectivity index (χ0v) is 16.1. The molecule has 26 heavy (non-hydrogen) atoms. The maximum atomic E-state index is 12.4. The Morgan fingerprint density at radius 2 is 1.96 bits per heavy atom. The molecule has 1 N–H and O–H groups in total. The molecule has 0 fully saturated rings. The van der Waals surface area contributed by atoms with Gasteiger partial charge in [-0.2, -0.15) is 4.98 Å². The number of aromatic nitrogens is 3. The second kappa shape index (κ2) is 5.99. The van der Waals surface area contributed by atoms with Gasteiger partial charge in [0.25, 0.3) is 11.8 Å². The summed E-state index contributed by atoms with van der Waals surface area (Å²) in [5, 5.41) is 6.77. The zero-order chi connectivity index (χ0) is 18.6. The van der Waals surface area contributed by atoms with Crippen LogP contribution < -0.4 is 5.32 Å². The standard InChI is InChI=1S/C16H12BrN5O3S/c1-7-8(2)26-16-19-15(20-22(7)16)18-12(23)6-21-13(24)10-4-3-9(17)5-11(10)14(21)25/h3-5H,6H2,1-2H3,(H,18,20,23). The van der Waals surface area contributed by atoms with E-state index in [-0.39, 0.29) is 17.1 Å². The van der Waals surface area contributed by atoms with Crippen LogP contribution in [0.15, 0.2) is 22.7 Å². The summed E-state index contributed by atoms with van der Waals surface area (Å²) in [6, 6.07) is 4.82. The van der Waals surface area contributed by atoms with Crippen molar-refractivity contribution in [1.82, 2.24) is 19.5 Å². The Morgan fingerprint density at radius 3 is 2.69 bits per heavy atom. The van der Waals surface area contributed by atoms with Gasteiger partial charge < -0.3 is 0 Å². The van der Waals surface area contributed by atoms with Crippen LogP contribution in [-0.4, -0.2) is 43.8 Å². The third kappa shape index (κ3) is 2.61. The molecule has 1 aliphatic rings. The third-order valence-electron chi connectivity index (χ3n) is 4.13. The molecule has 0 radical (unpaired) electrons. The van der Waals surface area contributed by atoms with Crippen molar-refractivity contribution in [2.75, 3.05) is 11.9 Å². The first kappa shape index (κ1) is 16.9. The lowest BCUT2D eigenvalue weighted by Gasteiger charge is -2.12. The summed E-state index contributed by atoms with van der Waals surface area (Å²) in [6.45, 7) is 3.49. The average molecular weight is 434 g/mol. The van der Waals surface area contributed by atoms with E-state index < -0.39 is 24.3 Å². The molecule has 1 aromatic carbocycles. The number of anilines is 1. The number of nitrogens with zero attached hydrogens (tertiary/aromatic N) is 4. The van der Waals surface area contributed by atoms with E-state index in [1.54, 1.807) is 22.7 Å². The Kier molecular flexibility index (Phi) is 3.88. The van der Waals surface area contributed by atoms with E-state index in [1.165, 1.54) is 11.3 Å². The number of amides is 3. The Balaban J connectivity index is 1.51. The van der Waals surface area contributed by atoms with Crippen LogP contribution in [0, 0.1) is 13.8 Å². The van der Waals surface area contributed by atoms with Gasteiger partial charge in [-0.25, -0.2) is 4.52 Å². The molecule has 4 rings (SSSR count). The fourth-order valence-corrected chi connectivity index (χ4v) is 3.98. The Labute approximate surface area is 160 Å². The Morgan fingerprint density at radius 1 is 1.23 bits per heavy atom. The fourth-order valence-electron chi connectivity index (χ4n) is 2.71. The van der Waals surface area contributed by atoms with E-state index >= 15 is 0 Å². The van der Waals surface area contributed by atoms with E-state index in [9.17, 15) is 14.4 Å². The molecule has 0 unspecified atom stereocenters. The van der Waals surface area contributed by atoms with Crippen molar-refractivity contribution >= 4 is 55.9 Å². The monoisotopic (exact) mass is 433 g/mol. The molecule has 8 nitrogen and oxygen atoms in total. The molecule has 0 spiro atoms. The molecule has 3 aromatic rings. The lowest BCUT2D eigenvalue weighted by Crippen LogP contribution is -2.37. The molecule has 10 heteroatoms. The molecule has 0 bridgehead atoms. The predicted octanol–water partition coefficient (Wildman–Crippen LogP) is 2.40. The van der Waals surface area contributed by atoms with E-state index in [0.717, 1.165) is 15.5 Å². The highest BCUT2D eigenvalue weighted by atomic mass is 79.9. The van der Waals surface area contributed by atoms with E-state index in [0.29, 0.717) is 9.43 Å². The van der Waals surface area contributed by atoms with Gasteiger partial charge in [-0.05, 0) is 32.0 Å². The minimum absolute atomic E-state index is 0.142. The first-order chi connectivity index (χ1) is 12.3. The number of nitrogens with one attached hydrogen (secondary N) is 1. The molecule has 3 heterocycles. The van der Waals surface area contributed by atoms with Crippen molar-refractivity contribution in [2.24, 2.45) is 0 Å². The van der Waals surface area contributed by atoms with Crippen LogP contribution in [-0.2, 0) is 4.79 Å². The van der Waals surface area contributed by atoms with E-state index in [4.69, 9.17) is 0 Å². The largest absolute Gasteiger partial charge is 0.292 e. The van der Waals surface area contributed by atoms with Gasteiger partial charge in [-0.1, -0.05) is 27.3 Å². The van der Waals surface area contributed by atoms with Gasteiger partial charge in [0.15, 0.2) is 0 Å². The van der Waals surface area contributed by atoms with Crippen LogP contribution in [0.1, 0.15) is 31.3 Å². The van der Waals surface area contributed by atoms with Crippen LogP contribution >= 0.6 is 27.3 Å². The van der Waals surface area contributed by atoms with Gasteiger partial charge in [0.05, 0.1) is 16.8 Å². The summed E-state index contributed by atoms with van der Waals surface area (Å²) < 4.78 is 2.34. The molecule has 0 saturated heterocycles. The number of rotatable bonds is 3. The Bertz CT molecular complexity index is 1100. The third-order valence-corrected chi connectivity index (χ3v) is 5.68. The zero-order valence-electron chi connectivity index (χ0n) is 13.7. The van der Waals surface area contributed by atoms with E-state index in [1.807, 2.05) is 13.8 Å². The van der Waals surface area contributed by atoms with Gasteiger partial charge in [-0.15, -0.1) is 5.10 Å². The smallest absolute Gasteiger partial charge is 0.262 e. The lowest BCUT2D eigenvalue weighted by molar-refractivity contribution is -0.116. The fraction of sp³-hybridized carbons (Fsp3) is 0.188. The molecule has 0 aliphatic carbocycles. The summed E-state index contributed by atoms with van der Waals surface area (Å²) in [7, 11) is 0. The van der Waals surface area contributed by atoms with Crippen LogP contribution in [0.2, 0.25) is 0 Å². The molecule has 3 amide bonds. The second-order valence-electron chi connectivity index (χ2n) is 5.81. The summed E-state index contributed by atoms with van der Waals surface area (Å²) in [6.07, 6.45) is 0. The number of fused-ring (bicyclic) bond motifs is 2. The van der Waals surface area contributed by atoms with Crippen LogP contribution in [0.3, 0.4) is 0 Å². The first-order valence-electron chi connectivity index (χ1n) is 7.63. The maximum Gasteiger partial charge on any atom is 0.262 e. The second-order valence-corrected chi connectivity index (χ2v) is 7.91. The summed E-state index contributed by atoms with van der Waals surface area (Å²) in [4.78, 5) is 44.0. The lowest BCUT2D eigenvalue weighted by atomic mass is 10.1. The van der Waals surface area contributed by atoms with Gasteiger partial charge in [0, 0.05) is 9.35 Å². The Hall–Kier alpha value is -2.59. The maximum absolute atomic E-state index is 12.4. The van der Waals surface area contributed by atoms with Crippen molar-refractivity contribution in [3.63, 3.8) is 0 Å². The molecule has 0 saturated carbocycles. The molecular weight excluding hydrogens is 422 g/mol. The number of thiazole rings is 1. The van der Waals surface area contributed by atoms with Crippen molar-refractivity contribution in [2.45, 2.75) is 13.8 Å². The molecular formula is C16H12BrN5O3S. The van der Waals surface area contributed by atoms with Crippen molar-refractivity contribution in [3.8, 4) is 0 Å². The minimum atomic E-state index is -0.536. The number of hydrogen-bond acceptors (Lipinski definition) is 6. The number of carbonyl (C=O) groups is 3. The molecule has 1 aliphatic heterocycles. The van der Waals surface area contributed by atoms with Gasteiger partial charge >= 0.3 is 0 Å². The van der Waals surface area contributed by atoms with Crippen LogP contribution in [0.5, 0.6) is 0 Å². The summed E-state index contributed by atoms with van der Waals surface area (Å²) in [5.41, 5.74) is 1.52. The van der Waals surface area contributed by atoms with E-state index in [2.05, 4.69) is 31.3 Å². The van der Waals surface area contributed by atoms with Crippen molar-refractivity contribution in [3.05, 3.63) is 44.4 Å². The molecule has 0 atom stereocenters. The van der Waals surface area contributed by atoms with Crippen molar-refractivity contribution in [1.29, 1.82) is 0 Å². The first-order valence-corrected chi connectivity index (χ1v) is 9.24.